The Kier molecular flexibility index (Phi) is 3.40. The molecule has 7 heteroatoms. The summed E-state index contributed by atoms with van der Waals surface area (Å²) in [6, 6.07) is 0. The lowest BCUT2D eigenvalue weighted by molar-refractivity contribution is 0.101. The molecule has 0 aromatic carbocycles. The van der Waals surface area contributed by atoms with Gasteiger partial charge in [-0.1, -0.05) is 6.92 Å². The fourth-order valence-corrected chi connectivity index (χ4v) is 1.52. The maximum absolute atomic E-state index is 11.9. The molecule has 0 aliphatic rings. The number of carbonyl (C=O) groups excluding carboxylic acids is 1. The summed E-state index contributed by atoms with van der Waals surface area (Å²) in [6.07, 6.45) is 1.73. The molecule has 2 aromatic heterocycles. The Morgan fingerprint density at radius 3 is 2.67 bits per heavy atom. The number of hydrogen-bond acceptors (Lipinski definition) is 4. The van der Waals surface area contributed by atoms with E-state index in [1.165, 1.54) is 0 Å². The van der Waals surface area contributed by atoms with Gasteiger partial charge in [-0.3, -0.25) is 15.0 Å². The third-order valence-corrected chi connectivity index (χ3v) is 2.71. The number of aromatic nitrogens is 5. The largest absolute Gasteiger partial charge is 0.302 e. The lowest BCUT2D eigenvalue weighted by atomic mass is 10.3. The standard InChI is InChI=1S/C11H16N6O/c1-4-5-8-12-10(17-15-8)11(18)13-9-6(2)7(3)14-16-9/h4-5H2,1-3H3,(H,12,15,17)(H2,13,14,16,18). The summed E-state index contributed by atoms with van der Waals surface area (Å²) in [7, 11) is 0. The molecule has 7 nitrogen and oxygen atoms in total. The Morgan fingerprint density at radius 1 is 1.28 bits per heavy atom. The summed E-state index contributed by atoms with van der Waals surface area (Å²) in [4.78, 5) is 16.0. The molecule has 96 valence electrons. The predicted molar refractivity (Wildman–Crippen MR) is 66.4 cm³/mol. The van der Waals surface area contributed by atoms with Crippen LogP contribution in [0.15, 0.2) is 0 Å². The third-order valence-electron chi connectivity index (χ3n) is 2.71. The Hall–Kier alpha value is -2.18. The molecule has 2 aromatic rings. The zero-order valence-electron chi connectivity index (χ0n) is 10.7. The van der Waals surface area contributed by atoms with E-state index in [2.05, 4.69) is 30.7 Å². The molecule has 0 spiro atoms. The number of aryl methyl sites for hydroxylation is 2. The van der Waals surface area contributed by atoms with Gasteiger partial charge in [0.05, 0.1) is 0 Å². The van der Waals surface area contributed by atoms with E-state index < -0.39 is 0 Å². The zero-order valence-corrected chi connectivity index (χ0v) is 10.7. The van der Waals surface area contributed by atoms with Gasteiger partial charge in [0, 0.05) is 17.7 Å². The van der Waals surface area contributed by atoms with Crippen LogP contribution in [-0.2, 0) is 6.42 Å². The Bertz CT molecular complexity index is 556. The number of aromatic amines is 2. The molecule has 0 aliphatic heterocycles. The summed E-state index contributed by atoms with van der Waals surface area (Å²) in [5, 5.41) is 16.1. The van der Waals surface area contributed by atoms with Crippen molar-refractivity contribution in [3.05, 3.63) is 22.9 Å². The van der Waals surface area contributed by atoms with Gasteiger partial charge in [-0.15, -0.1) is 5.10 Å². The van der Waals surface area contributed by atoms with E-state index >= 15 is 0 Å². The summed E-state index contributed by atoms with van der Waals surface area (Å²) in [5.41, 5.74) is 1.83. The van der Waals surface area contributed by atoms with E-state index in [0.717, 1.165) is 29.9 Å². The second kappa shape index (κ2) is 4.99. The molecule has 0 saturated carbocycles. The molecule has 0 aliphatic carbocycles. The van der Waals surface area contributed by atoms with Crippen molar-refractivity contribution in [3.63, 3.8) is 0 Å². The molecule has 0 atom stereocenters. The highest BCUT2D eigenvalue weighted by Crippen LogP contribution is 2.14. The first-order valence-electron chi connectivity index (χ1n) is 5.86. The average Bonchev–Trinajstić information content (AvgIpc) is 2.92. The molecule has 2 rings (SSSR count). The van der Waals surface area contributed by atoms with Gasteiger partial charge < -0.3 is 5.32 Å². The third kappa shape index (κ3) is 2.39. The van der Waals surface area contributed by atoms with Crippen LogP contribution < -0.4 is 5.32 Å². The number of anilines is 1. The highest BCUT2D eigenvalue weighted by Gasteiger charge is 2.15. The molecule has 0 unspecified atom stereocenters. The van der Waals surface area contributed by atoms with Crippen LogP contribution in [0.2, 0.25) is 0 Å². The number of nitrogens with one attached hydrogen (secondary N) is 3. The molecule has 3 N–H and O–H groups in total. The van der Waals surface area contributed by atoms with E-state index in [-0.39, 0.29) is 11.7 Å². The van der Waals surface area contributed by atoms with E-state index in [4.69, 9.17) is 0 Å². The van der Waals surface area contributed by atoms with Gasteiger partial charge in [-0.25, -0.2) is 4.98 Å². The minimum Gasteiger partial charge on any atom is -0.302 e. The molecule has 1 amide bonds. The van der Waals surface area contributed by atoms with Crippen LogP contribution >= 0.6 is 0 Å². The Morgan fingerprint density at radius 2 is 2.06 bits per heavy atom. The zero-order chi connectivity index (χ0) is 13.1. The smallest absolute Gasteiger partial charge is 0.296 e. The second-order valence-electron chi connectivity index (χ2n) is 4.13. The van der Waals surface area contributed by atoms with Crippen molar-refractivity contribution in [2.45, 2.75) is 33.6 Å². The van der Waals surface area contributed by atoms with Gasteiger partial charge in [0.2, 0.25) is 5.82 Å². The van der Waals surface area contributed by atoms with Crippen LogP contribution in [0.3, 0.4) is 0 Å². The second-order valence-corrected chi connectivity index (χ2v) is 4.13. The van der Waals surface area contributed by atoms with Crippen molar-refractivity contribution in [2.24, 2.45) is 0 Å². The first-order valence-corrected chi connectivity index (χ1v) is 5.86. The van der Waals surface area contributed by atoms with Gasteiger partial charge in [0.25, 0.3) is 5.91 Å². The van der Waals surface area contributed by atoms with Crippen molar-refractivity contribution in [1.82, 2.24) is 25.4 Å². The van der Waals surface area contributed by atoms with Gasteiger partial charge in [-0.05, 0) is 20.3 Å². The Balaban J connectivity index is 2.09. The number of H-pyrrole nitrogens is 2. The first-order chi connectivity index (χ1) is 8.61. The summed E-state index contributed by atoms with van der Waals surface area (Å²) in [6.45, 7) is 5.82. The van der Waals surface area contributed by atoms with E-state index in [1.54, 1.807) is 0 Å². The van der Waals surface area contributed by atoms with Crippen LogP contribution in [0.25, 0.3) is 0 Å². The minimum absolute atomic E-state index is 0.138. The van der Waals surface area contributed by atoms with Gasteiger partial charge in [0.15, 0.2) is 5.82 Å². The number of carbonyl (C=O) groups is 1. The van der Waals surface area contributed by atoms with Crippen LogP contribution in [0.4, 0.5) is 5.82 Å². The summed E-state index contributed by atoms with van der Waals surface area (Å²) >= 11 is 0. The molecule has 18 heavy (non-hydrogen) atoms. The number of rotatable bonds is 4. The topological polar surface area (TPSA) is 99.3 Å². The maximum Gasteiger partial charge on any atom is 0.296 e. The van der Waals surface area contributed by atoms with Crippen LogP contribution in [0.5, 0.6) is 0 Å². The van der Waals surface area contributed by atoms with Crippen molar-refractivity contribution >= 4 is 11.7 Å². The molecular formula is C11H16N6O. The van der Waals surface area contributed by atoms with Crippen molar-refractivity contribution in [3.8, 4) is 0 Å². The molecule has 0 saturated heterocycles. The lowest BCUT2D eigenvalue weighted by Gasteiger charge is -1.98. The fourth-order valence-electron chi connectivity index (χ4n) is 1.52. The van der Waals surface area contributed by atoms with Crippen molar-refractivity contribution < 1.29 is 4.79 Å². The van der Waals surface area contributed by atoms with Crippen LogP contribution in [0, 0.1) is 13.8 Å². The molecule has 2 heterocycles. The first kappa shape index (κ1) is 12.3. The van der Waals surface area contributed by atoms with E-state index in [0.29, 0.717) is 5.82 Å². The molecule has 0 radical (unpaired) electrons. The fraction of sp³-hybridized carbons (Fsp3) is 0.455. The average molecular weight is 248 g/mol. The maximum atomic E-state index is 11.9. The van der Waals surface area contributed by atoms with E-state index in [9.17, 15) is 4.79 Å². The van der Waals surface area contributed by atoms with Gasteiger partial charge >= 0.3 is 0 Å². The molecule has 0 bridgehead atoms. The monoisotopic (exact) mass is 248 g/mol. The molecule has 0 fully saturated rings. The van der Waals surface area contributed by atoms with Crippen LogP contribution in [-0.4, -0.2) is 31.3 Å². The summed E-state index contributed by atoms with van der Waals surface area (Å²) < 4.78 is 0. The number of nitrogens with zero attached hydrogens (tertiary/aromatic N) is 3. The van der Waals surface area contributed by atoms with Gasteiger partial charge in [-0.2, -0.15) is 5.10 Å². The van der Waals surface area contributed by atoms with E-state index in [1.807, 2.05) is 20.8 Å². The lowest BCUT2D eigenvalue weighted by Crippen LogP contribution is -2.14. The normalized spacial score (nSPS) is 10.6. The van der Waals surface area contributed by atoms with Crippen LogP contribution in [0.1, 0.15) is 41.0 Å². The van der Waals surface area contributed by atoms with Crippen molar-refractivity contribution in [2.75, 3.05) is 5.32 Å². The highest BCUT2D eigenvalue weighted by molar-refractivity contribution is 6.01. The highest BCUT2D eigenvalue weighted by atomic mass is 16.2. The SMILES string of the molecule is CCCc1nc(C(=O)Nc2n[nH]c(C)c2C)n[nH]1. The minimum atomic E-state index is -0.358. The van der Waals surface area contributed by atoms with Crippen molar-refractivity contribution in [1.29, 1.82) is 0 Å². The quantitative estimate of drug-likeness (QED) is 0.760. The predicted octanol–water partition coefficient (Wildman–Crippen LogP) is 1.35. The number of hydrogen-bond donors (Lipinski definition) is 3. The Labute approximate surface area is 104 Å². The number of amides is 1. The van der Waals surface area contributed by atoms with Gasteiger partial charge in [0.1, 0.15) is 5.82 Å². The molecular weight excluding hydrogens is 232 g/mol. The summed E-state index contributed by atoms with van der Waals surface area (Å²) in [5.74, 6) is 1.01.